The predicted octanol–water partition coefficient (Wildman–Crippen LogP) is 3.10. The average Bonchev–Trinajstić information content (AvgIpc) is 2.48. The molecule has 0 bridgehead atoms. The fourth-order valence-electron chi connectivity index (χ4n) is 1.88. The average molecular weight is 353 g/mol. The Morgan fingerprint density at radius 2 is 1.70 bits per heavy atom. The van der Waals surface area contributed by atoms with Crippen LogP contribution in [0.4, 0.5) is 11.4 Å². The van der Waals surface area contributed by atoms with E-state index in [2.05, 4.69) is 10.6 Å². The molecule has 0 saturated heterocycles. The van der Waals surface area contributed by atoms with Crippen molar-refractivity contribution in [1.82, 2.24) is 0 Å². The second kappa shape index (κ2) is 7.02. The number of hydrogen-bond acceptors (Lipinski definition) is 4. The Morgan fingerprint density at radius 1 is 1.09 bits per heavy atom. The van der Waals surface area contributed by atoms with Crippen LogP contribution < -0.4 is 10.6 Å². The number of rotatable bonds is 5. The Balaban J connectivity index is 1.93. The maximum Gasteiger partial charge on any atom is 0.243 e. The molecule has 0 radical (unpaired) electrons. The van der Waals surface area contributed by atoms with Gasteiger partial charge in [0.2, 0.25) is 5.91 Å². The molecule has 0 fully saturated rings. The molecular weight excluding hydrogens is 336 g/mol. The molecule has 0 unspecified atom stereocenters. The number of anilines is 2. The monoisotopic (exact) mass is 352 g/mol. The molecule has 2 aromatic carbocycles. The number of carbonyl (C=O) groups excluding carboxylic acids is 1. The van der Waals surface area contributed by atoms with E-state index in [1.54, 1.807) is 18.2 Å². The Morgan fingerprint density at radius 3 is 2.26 bits per heavy atom. The molecule has 7 heteroatoms. The summed E-state index contributed by atoms with van der Waals surface area (Å²) in [6.45, 7) is 1.98. The van der Waals surface area contributed by atoms with Crippen LogP contribution in [0.3, 0.4) is 0 Å². The summed E-state index contributed by atoms with van der Waals surface area (Å²) in [6.07, 6.45) is 1.14. The van der Waals surface area contributed by atoms with Crippen LogP contribution in [0, 0.1) is 6.92 Å². The van der Waals surface area contributed by atoms with Crippen molar-refractivity contribution in [2.75, 3.05) is 23.4 Å². The van der Waals surface area contributed by atoms with Gasteiger partial charge in [0, 0.05) is 22.7 Å². The summed E-state index contributed by atoms with van der Waals surface area (Å²) in [6, 6.07) is 11.5. The fourth-order valence-corrected chi connectivity index (χ4v) is 2.69. The Bertz CT molecular complexity index is 818. The second-order valence-electron chi connectivity index (χ2n) is 5.16. The quantitative estimate of drug-likeness (QED) is 0.867. The summed E-state index contributed by atoms with van der Waals surface area (Å²) in [5.74, 6) is -0.242. The number of halogens is 1. The van der Waals surface area contributed by atoms with Crippen LogP contribution in [0.5, 0.6) is 0 Å². The SMILES string of the molecule is Cc1ccc(NCC(=O)Nc2ccc(S(C)(=O)=O)cc2)cc1Cl. The third kappa shape index (κ3) is 4.97. The minimum absolute atomic E-state index is 0.0766. The summed E-state index contributed by atoms with van der Waals surface area (Å²) in [7, 11) is -3.24. The number of amides is 1. The van der Waals surface area contributed by atoms with E-state index in [9.17, 15) is 13.2 Å². The normalized spacial score (nSPS) is 11.1. The Labute approximate surface area is 140 Å². The maximum absolute atomic E-state index is 11.9. The molecule has 0 spiro atoms. The van der Waals surface area contributed by atoms with Crippen LogP contribution >= 0.6 is 11.6 Å². The van der Waals surface area contributed by atoms with Gasteiger partial charge in [-0.25, -0.2) is 8.42 Å². The van der Waals surface area contributed by atoms with Crippen LogP contribution in [0.1, 0.15) is 5.56 Å². The minimum atomic E-state index is -3.24. The molecule has 0 aromatic heterocycles. The van der Waals surface area contributed by atoms with Crippen molar-refractivity contribution >= 4 is 38.7 Å². The van der Waals surface area contributed by atoms with Gasteiger partial charge in [-0.2, -0.15) is 0 Å². The molecule has 0 aliphatic heterocycles. The lowest BCUT2D eigenvalue weighted by molar-refractivity contribution is -0.114. The zero-order chi connectivity index (χ0) is 17.0. The molecule has 0 saturated carbocycles. The second-order valence-corrected chi connectivity index (χ2v) is 7.59. The number of nitrogens with one attached hydrogen (secondary N) is 2. The van der Waals surface area contributed by atoms with Crippen molar-refractivity contribution in [2.24, 2.45) is 0 Å². The first-order valence-corrected chi connectivity index (χ1v) is 9.12. The Hall–Kier alpha value is -2.05. The molecular formula is C16H17ClN2O3S. The largest absolute Gasteiger partial charge is 0.376 e. The molecule has 2 aromatic rings. The van der Waals surface area contributed by atoms with Gasteiger partial charge in [-0.3, -0.25) is 4.79 Å². The molecule has 0 atom stereocenters. The van der Waals surface area contributed by atoms with Gasteiger partial charge in [0.15, 0.2) is 9.84 Å². The van der Waals surface area contributed by atoms with Crippen molar-refractivity contribution in [3.05, 3.63) is 53.1 Å². The number of sulfone groups is 1. The highest BCUT2D eigenvalue weighted by Crippen LogP contribution is 2.19. The predicted molar refractivity (Wildman–Crippen MR) is 92.9 cm³/mol. The van der Waals surface area contributed by atoms with Gasteiger partial charge < -0.3 is 10.6 Å². The minimum Gasteiger partial charge on any atom is -0.376 e. The van der Waals surface area contributed by atoms with E-state index in [0.717, 1.165) is 17.5 Å². The van der Waals surface area contributed by atoms with E-state index in [1.807, 2.05) is 19.1 Å². The van der Waals surface area contributed by atoms with Gasteiger partial charge in [0.25, 0.3) is 0 Å². The van der Waals surface area contributed by atoms with E-state index < -0.39 is 9.84 Å². The molecule has 0 aliphatic rings. The van der Waals surface area contributed by atoms with E-state index in [-0.39, 0.29) is 17.3 Å². The van der Waals surface area contributed by atoms with Gasteiger partial charge in [-0.1, -0.05) is 17.7 Å². The number of aryl methyl sites for hydroxylation is 1. The van der Waals surface area contributed by atoms with Crippen LogP contribution in [0.15, 0.2) is 47.4 Å². The van der Waals surface area contributed by atoms with Gasteiger partial charge in [0.1, 0.15) is 0 Å². The van der Waals surface area contributed by atoms with Gasteiger partial charge in [0.05, 0.1) is 11.4 Å². The maximum atomic E-state index is 11.9. The first kappa shape index (κ1) is 17.3. The van der Waals surface area contributed by atoms with E-state index in [1.165, 1.54) is 12.1 Å². The topological polar surface area (TPSA) is 75.3 Å². The molecule has 122 valence electrons. The highest BCUT2D eigenvalue weighted by molar-refractivity contribution is 7.90. The smallest absolute Gasteiger partial charge is 0.243 e. The highest BCUT2D eigenvalue weighted by atomic mass is 35.5. The lowest BCUT2D eigenvalue weighted by Gasteiger charge is -2.09. The number of hydrogen-bond donors (Lipinski definition) is 2. The van der Waals surface area contributed by atoms with Gasteiger partial charge >= 0.3 is 0 Å². The summed E-state index contributed by atoms with van der Waals surface area (Å²) in [4.78, 5) is 12.1. The van der Waals surface area contributed by atoms with Crippen molar-refractivity contribution in [3.8, 4) is 0 Å². The molecule has 23 heavy (non-hydrogen) atoms. The summed E-state index contributed by atoms with van der Waals surface area (Å²) < 4.78 is 22.7. The van der Waals surface area contributed by atoms with Crippen LogP contribution in [-0.2, 0) is 14.6 Å². The van der Waals surface area contributed by atoms with Crippen molar-refractivity contribution in [1.29, 1.82) is 0 Å². The Kier molecular flexibility index (Phi) is 5.28. The van der Waals surface area contributed by atoms with Gasteiger partial charge in [-0.15, -0.1) is 0 Å². The van der Waals surface area contributed by atoms with E-state index in [0.29, 0.717) is 10.7 Å². The first-order chi connectivity index (χ1) is 10.8. The molecule has 2 rings (SSSR count). The third-order valence-electron chi connectivity index (χ3n) is 3.19. The fraction of sp³-hybridized carbons (Fsp3) is 0.188. The van der Waals surface area contributed by atoms with Crippen molar-refractivity contribution < 1.29 is 13.2 Å². The lowest BCUT2D eigenvalue weighted by Crippen LogP contribution is -2.21. The summed E-state index contributed by atoms with van der Waals surface area (Å²) in [5.41, 5.74) is 2.25. The van der Waals surface area contributed by atoms with Crippen LogP contribution in [-0.4, -0.2) is 27.1 Å². The van der Waals surface area contributed by atoms with Crippen molar-refractivity contribution in [2.45, 2.75) is 11.8 Å². The number of benzene rings is 2. The zero-order valence-corrected chi connectivity index (χ0v) is 14.3. The molecule has 1 amide bonds. The standard InChI is InChI=1S/C16H17ClN2O3S/c1-11-3-4-13(9-15(11)17)18-10-16(20)19-12-5-7-14(8-6-12)23(2,21)22/h3-9,18H,10H2,1-2H3,(H,19,20). The number of carbonyl (C=O) groups is 1. The summed E-state index contributed by atoms with van der Waals surface area (Å²) in [5, 5.41) is 6.29. The highest BCUT2D eigenvalue weighted by Gasteiger charge is 2.07. The molecule has 0 aliphatic carbocycles. The molecule has 2 N–H and O–H groups in total. The van der Waals surface area contributed by atoms with E-state index in [4.69, 9.17) is 11.6 Å². The molecule has 0 heterocycles. The first-order valence-electron chi connectivity index (χ1n) is 6.86. The van der Waals surface area contributed by atoms with Crippen LogP contribution in [0.25, 0.3) is 0 Å². The third-order valence-corrected chi connectivity index (χ3v) is 4.73. The van der Waals surface area contributed by atoms with Crippen LogP contribution in [0.2, 0.25) is 5.02 Å². The lowest BCUT2D eigenvalue weighted by atomic mass is 10.2. The van der Waals surface area contributed by atoms with Gasteiger partial charge in [-0.05, 0) is 48.9 Å². The van der Waals surface area contributed by atoms with Crippen molar-refractivity contribution in [3.63, 3.8) is 0 Å². The molecule has 5 nitrogen and oxygen atoms in total. The zero-order valence-electron chi connectivity index (χ0n) is 12.8. The summed E-state index contributed by atoms with van der Waals surface area (Å²) >= 11 is 6.02. The van der Waals surface area contributed by atoms with E-state index >= 15 is 0 Å².